The van der Waals surface area contributed by atoms with Crippen LogP contribution in [-0.2, 0) is 13.6 Å². The minimum Gasteiger partial charge on any atom is -0.404 e. The molecule has 10 heteroatoms. The highest BCUT2D eigenvalue weighted by Gasteiger charge is 2.28. The Balaban J connectivity index is 2.77. The lowest BCUT2D eigenvalue weighted by molar-refractivity contribution is -0.384. The lowest BCUT2D eigenvalue weighted by atomic mass is 10.3. The number of hydrogen-bond acceptors (Lipinski definition) is 6. The van der Waals surface area contributed by atoms with Gasteiger partial charge in [0.25, 0.3) is 5.69 Å². The Hall–Kier alpha value is -0.470. The molecule has 1 aromatic rings. The molecule has 0 aliphatic heterocycles. The fourth-order valence-corrected chi connectivity index (χ4v) is 3.15. The van der Waals surface area contributed by atoms with E-state index in [-0.39, 0.29) is 24.7 Å². The van der Waals surface area contributed by atoms with Gasteiger partial charge >= 0.3 is 7.82 Å². The summed E-state index contributed by atoms with van der Waals surface area (Å²) in [6.07, 6.45) is 0. The number of rotatable bonds is 9. The molecule has 0 spiro atoms. The molecular formula is C10H12Br2NO6P. The quantitative estimate of drug-likeness (QED) is 0.254. The van der Waals surface area contributed by atoms with Crippen LogP contribution in [0.15, 0.2) is 24.3 Å². The maximum Gasteiger partial charge on any atom is 0.530 e. The Morgan fingerprint density at radius 2 is 1.60 bits per heavy atom. The van der Waals surface area contributed by atoms with Crippen LogP contribution in [0.3, 0.4) is 0 Å². The molecule has 7 nitrogen and oxygen atoms in total. The zero-order valence-electron chi connectivity index (χ0n) is 10.2. The second-order valence-corrected chi connectivity index (χ2v) is 6.51. The Kier molecular flexibility index (Phi) is 7.68. The van der Waals surface area contributed by atoms with Gasteiger partial charge in [0.05, 0.1) is 18.1 Å². The lowest BCUT2D eigenvalue weighted by Crippen LogP contribution is -2.06. The second kappa shape index (κ2) is 8.74. The van der Waals surface area contributed by atoms with E-state index in [2.05, 4.69) is 31.9 Å². The highest BCUT2D eigenvalue weighted by atomic mass is 79.9. The number of benzene rings is 1. The van der Waals surface area contributed by atoms with E-state index in [1.54, 1.807) is 0 Å². The normalized spacial score (nSPS) is 11.3. The number of nitrogens with zero attached hydrogens (tertiary/aromatic N) is 1. The minimum atomic E-state index is -3.74. The molecule has 0 aliphatic carbocycles. The average molecular weight is 433 g/mol. The zero-order valence-corrected chi connectivity index (χ0v) is 14.3. The van der Waals surface area contributed by atoms with E-state index in [1.165, 1.54) is 24.3 Å². The van der Waals surface area contributed by atoms with Crippen LogP contribution in [0.2, 0.25) is 0 Å². The molecule has 0 aromatic heterocycles. The third-order valence-corrected chi connectivity index (χ3v) is 4.00. The van der Waals surface area contributed by atoms with Crippen molar-refractivity contribution >= 4 is 45.4 Å². The highest BCUT2D eigenvalue weighted by molar-refractivity contribution is 9.09. The smallest absolute Gasteiger partial charge is 0.404 e. The fraction of sp³-hybridized carbons (Fsp3) is 0.400. The topological polar surface area (TPSA) is 87.9 Å². The van der Waals surface area contributed by atoms with Gasteiger partial charge in [0.1, 0.15) is 5.75 Å². The van der Waals surface area contributed by atoms with Crippen LogP contribution in [0.4, 0.5) is 5.69 Å². The number of nitro groups is 1. The van der Waals surface area contributed by atoms with Gasteiger partial charge in [-0.3, -0.25) is 19.2 Å². The van der Waals surface area contributed by atoms with Crippen molar-refractivity contribution in [3.8, 4) is 5.75 Å². The summed E-state index contributed by atoms with van der Waals surface area (Å²) in [7, 11) is -3.74. The van der Waals surface area contributed by atoms with Crippen LogP contribution >= 0.6 is 39.7 Å². The molecular weight excluding hydrogens is 421 g/mol. The van der Waals surface area contributed by atoms with Crippen molar-refractivity contribution in [3.63, 3.8) is 0 Å². The number of alkyl halides is 2. The van der Waals surface area contributed by atoms with Gasteiger partial charge in [-0.2, -0.15) is 0 Å². The van der Waals surface area contributed by atoms with E-state index in [0.29, 0.717) is 10.7 Å². The van der Waals surface area contributed by atoms with E-state index in [9.17, 15) is 14.7 Å². The summed E-state index contributed by atoms with van der Waals surface area (Å²) in [5, 5.41) is 11.5. The molecule has 0 radical (unpaired) electrons. The summed E-state index contributed by atoms with van der Waals surface area (Å²) in [5.41, 5.74) is -0.0880. The molecule has 0 aliphatic rings. The van der Waals surface area contributed by atoms with Gasteiger partial charge in [-0.1, -0.05) is 31.9 Å². The predicted octanol–water partition coefficient (Wildman–Crippen LogP) is 3.90. The summed E-state index contributed by atoms with van der Waals surface area (Å²) in [5.74, 6) is 0.170. The van der Waals surface area contributed by atoms with Crippen molar-refractivity contribution in [2.45, 2.75) is 0 Å². The van der Waals surface area contributed by atoms with Crippen molar-refractivity contribution in [1.29, 1.82) is 0 Å². The lowest BCUT2D eigenvalue weighted by Gasteiger charge is -2.17. The van der Waals surface area contributed by atoms with E-state index >= 15 is 0 Å². The van der Waals surface area contributed by atoms with Crippen molar-refractivity contribution in [3.05, 3.63) is 34.4 Å². The summed E-state index contributed by atoms with van der Waals surface area (Å²) in [6.45, 7) is 0.291. The second-order valence-electron chi connectivity index (χ2n) is 3.33. The average Bonchev–Trinajstić information content (AvgIpc) is 2.44. The number of non-ortho nitro benzene ring substituents is 1. The highest BCUT2D eigenvalue weighted by Crippen LogP contribution is 2.49. The minimum absolute atomic E-state index is 0.0880. The van der Waals surface area contributed by atoms with Crippen LogP contribution < -0.4 is 4.52 Å². The number of phosphoric ester groups is 1. The Labute approximate surface area is 132 Å². The number of phosphoric acid groups is 1. The standard InChI is InChI=1S/C10H12Br2NO6P/c11-5-7-17-20(16,18-8-6-12)19-10-3-1-9(2-4-10)13(14)15/h1-4H,5-8H2. The van der Waals surface area contributed by atoms with Crippen LogP contribution in [-0.4, -0.2) is 28.8 Å². The summed E-state index contributed by atoms with van der Waals surface area (Å²) < 4.78 is 27.6. The van der Waals surface area contributed by atoms with Gasteiger partial charge in [-0.05, 0) is 12.1 Å². The molecule has 20 heavy (non-hydrogen) atoms. The zero-order chi connectivity index (χ0) is 15.0. The van der Waals surface area contributed by atoms with Crippen molar-refractivity contribution < 1.29 is 23.1 Å². The van der Waals surface area contributed by atoms with Gasteiger partial charge in [-0.15, -0.1) is 0 Å². The number of hydrogen-bond donors (Lipinski definition) is 0. The van der Waals surface area contributed by atoms with Crippen molar-refractivity contribution in [2.24, 2.45) is 0 Å². The largest absolute Gasteiger partial charge is 0.530 e. The molecule has 0 saturated heterocycles. The van der Waals surface area contributed by atoms with Crippen LogP contribution in [0.1, 0.15) is 0 Å². The molecule has 0 N–H and O–H groups in total. The Morgan fingerprint density at radius 1 is 1.10 bits per heavy atom. The molecule has 112 valence electrons. The molecule has 1 rings (SSSR count). The van der Waals surface area contributed by atoms with Gasteiger partial charge in [0, 0.05) is 22.8 Å². The first-order valence-electron chi connectivity index (χ1n) is 5.46. The monoisotopic (exact) mass is 431 g/mol. The molecule has 0 unspecified atom stereocenters. The fourth-order valence-electron chi connectivity index (χ4n) is 1.14. The molecule has 1 aromatic carbocycles. The Bertz CT molecular complexity index is 471. The third-order valence-electron chi connectivity index (χ3n) is 1.92. The van der Waals surface area contributed by atoms with E-state index < -0.39 is 12.7 Å². The van der Waals surface area contributed by atoms with Gasteiger partial charge in [0.15, 0.2) is 0 Å². The SMILES string of the molecule is O=[N+]([O-])c1ccc(OP(=O)(OCCBr)OCCBr)cc1. The van der Waals surface area contributed by atoms with Crippen LogP contribution in [0.25, 0.3) is 0 Å². The van der Waals surface area contributed by atoms with E-state index in [0.717, 1.165) is 0 Å². The maximum absolute atomic E-state index is 12.3. The molecule has 0 heterocycles. The molecule has 0 amide bonds. The Morgan fingerprint density at radius 3 is 2.00 bits per heavy atom. The van der Waals surface area contributed by atoms with Crippen LogP contribution in [0, 0.1) is 10.1 Å². The molecule has 0 fully saturated rings. The molecule has 0 saturated carbocycles. The molecule has 0 atom stereocenters. The summed E-state index contributed by atoms with van der Waals surface area (Å²) in [4.78, 5) is 9.99. The summed E-state index contributed by atoms with van der Waals surface area (Å²) >= 11 is 6.28. The van der Waals surface area contributed by atoms with Gasteiger partial charge < -0.3 is 4.52 Å². The first-order valence-corrected chi connectivity index (χ1v) is 9.16. The predicted molar refractivity (Wildman–Crippen MR) is 80.8 cm³/mol. The first-order chi connectivity index (χ1) is 9.50. The maximum atomic E-state index is 12.3. The van der Waals surface area contributed by atoms with Crippen molar-refractivity contribution in [2.75, 3.05) is 23.9 Å². The van der Waals surface area contributed by atoms with Crippen LogP contribution in [0.5, 0.6) is 5.75 Å². The van der Waals surface area contributed by atoms with Crippen molar-refractivity contribution in [1.82, 2.24) is 0 Å². The van der Waals surface area contributed by atoms with Gasteiger partial charge in [-0.25, -0.2) is 4.57 Å². The van der Waals surface area contributed by atoms with Gasteiger partial charge in [0.2, 0.25) is 0 Å². The van der Waals surface area contributed by atoms with E-state index in [4.69, 9.17) is 13.6 Å². The first kappa shape index (κ1) is 17.6. The number of nitro benzene ring substituents is 1. The molecule has 0 bridgehead atoms. The number of halogens is 2. The third kappa shape index (κ3) is 5.88. The summed E-state index contributed by atoms with van der Waals surface area (Å²) in [6, 6.07) is 5.16. The van der Waals surface area contributed by atoms with E-state index in [1.807, 2.05) is 0 Å².